The quantitative estimate of drug-likeness (QED) is 0.498. The minimum absolute atomic E-state index is 0.0297. The van der Waals surface area contributed by atoms with Gasteiger partial charge in [0.15, 0.2) is 5.67 Å². The van der Waals surface area contributed by atoms with Crippen LogP contribution in [0.3, 0.4) is 0 Å². The fourth-order valence-electron chi connectivity index (χ4n) is 6.27. The van der Waals surface area contributed by atoms with Crippen molar-refractivity contribution in [3.63, 3.8) is 0 Å². The third-order valence-electron chi connectivity index (χ3n) is 8.62. The summed E-state index contributed by atoms with van der Waals surface area (Å²) in [6.45, 7) is 10.2. The largest absolute Gasteiger partial charge is 0.380 e. The molecule has 0 spiro atoms. The van der Waals surface area contributed by atoms with Gasteiger partial charge in [-0.2, -0.15) is 5.10 Å². The zero-order valence-electron chi connectivity index (χ0n) is 23.0. The number of carbonyl (C=O) groups excluding carboxylic acids is 1. The molecular formula is C30H38FN5O2. The smallest absolute Gasteiger partial charge is 0.219 e. The zero-order valence-corrected chi connectivity index (χ0v) is 23.0. The lowest BCUT2D eigenvalue weighted by atomic mass is 9.62. The van der Waals surface area contributed by atoms with Gasteiger partial charge in [0.05, 0.1) is 11.4 Å². The molecule has 3 aromatic rings. The molecule has 2 aliphatic heterocycles. The highest BCUT2D eigenvalue weighted by Crippen LogP contribution is 2.50. The van der Waals surface area contributed by atoms with Crippen LogP contribution in [0, 0.1) is 5.41 Å². The number of piperidine rings is 1. The van der Waals surface area contributed by atoms with Crippen LogP contribution in [-0.4, -0.2) is 69.2 Å². The number of aromatic nitrogens is 3. The summed E-state index contributed by atoms with van der Waals surface area (Å²) in [4.78, 5) is 20.0. The first kappa shape index (κ1) is 26.5. The number of nitrogens with zero attached hydrogens (tertiary/aromatic N) is 4. The molecule has 1 amide bonds. The molecule has 1 aromatic carbocycles. The molecule has 7 nitrogen and oxygen atoms in total. The number of rotatable bonds is 6. The van der Waals surface area contributed by atoms with Crippen LogP contribution in [0.25, 0.3) is 11.3 Å². The first-order valence-electron chi connectivity index (χ1n) is 13.4. The minimum atomic E-state index is -1.56. The van der Waals surface area contributed by atoms with Gasteiger partial charge in [-0.1, -0.05) is 45.0 Å². The molecule has 0 bridgehead atoms. The maximum atomic E-state index is 15.8. The summed E-state index contributed by atoms with van der Waals surface area (Å²) in [5.74, 6) is 0.368. The highest BCUT2D eigenvalue weighted by molar-refractivity contribution is 5.73. The van der Waals surface area contributed by atoms with Gasteiger partial charge in [0, 0.05) is 74.9 Å². The van der Waals surface area contributed by atoms with E-state index < -0.39 is 16.7 Å². The van der Waals surface area contributed by atoms with Crippen molar-refractivity contribution in [2.75, 3.05) is 33.2 Å². The van der Waals surface area contributed by atoms with Gasteiger partial charge in [0.25, 0.3) is 0 Å². The second kappa shape index (κ2) is 9.58. The Morgan fingerprint density at radius 1 is 1.11 bits per heavy atom. The molecule has 5 rings (SSSR count). The molecule has 1 atom stereocenters. The van der Waals surface area contributed by atoms with Crippen LogP contribution >= 0.6 is 0 Å². The topological polar surface area (TPSA) is 85.3 Å². The second-order valence-corrected chi connectivity index (χ2v) is 11.8. The molecule has 8 heteroatoms. The summed E-state index contributed by atoms with van der Waals surface area (Å²) in [5.41, 5.74) is 1.20. The Morgan fingerprint density at radius 3 is 2.34 bits per heavy atom. The molecule has 2 saturated heterocycles. The zero-order chi connectivity index (χ0) is 27.3. The van der Waals surface area contributed by atoms with Gasteiger partial charge >= 0.3 is 0 Å². The molecule has 2 N–H and O–H groups in total. The van der Waals surface area contributed by atoms with Gasteiger partial charge in [-0.25, -0.2) is 4.39 Å². The van der Waals surface area contributed by atoms with Crippen LogP contribution in [0.5, 0.6) is 0 Å². The number of aliphatic hydroxyl groups is 1. The van der Waals surface area contributed by atoms with Crippen LogP contribution in [0.2, 0.25) is 0 Å². The predicted octanol–water partition coefficient (Wildman–Crippen LogP) is 4.59. The summed E-state index contributed by atoms with van der Waals surface area (Å²) >= 11 is 0. The van der Waals surface area contributed by atoms with E-state index in [0.29, 0.717) is 41.5 Å². The Kier molecular flexibility index (Phi) is 6.68. The molecule has 4 heterocycles. The number of hydrogen-bond donors (Lipinski definition) is 2. The number of halogens is 1. The van der Waals surface area contributed by atoms with E-state index in [1.165, 1.54) is 12.5 Å². The van der Waals surface area contributed by atoms with E-state index >= 15 is 4.39 Å². The van der Waals surface area contributed by atoms with Crippen molar-refractivity contribution in [3.05, 3.63) is 71.2 Å². The third kappa shape index (κ3) is 4.43. The van der Waals surface area contributed by atoms with Crippen LogP contribution in [-0.2, 0) is 16.1 Å². The number of nitrogens with one attached hydrogen (secondary N) is 1. The van der Waals surface area contributed by atoms with E-state index in [4.69, 9.17) is 0 Å². The van der Waals surface area contributed by atoms with Crippen molar-refractivity contribution in [3.8, 4) is 11.3 Å². The van der Waals surface area contributed by atoms with Gasteiger partial charge in [-0.05, 0) is 36.2 Å². The number of benzene rings is 1. The normalized spacial score (nSPS) is 20.7. The Hall–Kier alpha value is -3.10. The van der Waals surface area contributed by atoms with Crippen molar-refractivity contribution < 1.29 is 14.3 Å². The lowest BCUT2D eigenvalue weighted by molar-refractivity contribution is -0.131. The number of likely N-dealkylation sites (tertiary alicyclic amines) is 2. The molecule has 0 aliphatic carbocycles. The predicted molar refractivity (Wildman–Crippen MR) is 145 cm³/mol. The molecule has 2 aliphatic rings. The fourth-order valence-corrected chi connectivity index (χ4v) is 6.27. The molecule has 0 radical (unpaired) electrons. The number of aromatic amines is 1. The van der Waals surface area contributed by atoms with E-state index in [1.807, 2.05) is 18.2 Å². The highest BCUT2D eigenvalue weighted by atomic mass is 19.1. The molecule has 2 fully saturated rings. The van der Waals surface area contributed by atoms with Crippen molar-refractivity contribution in [2.45, 2.75) is 57.7 Å². The van der Waals surface area contributed by atoms with Crippen LogP contribution < -0.4 is 0 Å². The maximum absolute atomic E-state index is 15.8. The molecule has 0 saturated carbocycles. The minimum Gasteiger partial charge on any atom is -0.380 e. The van der Waals surface area contributed by atoms with Crippen LogP contribution in [0.1, 0.15) is 68.8 Å². The van der Waals surface area contributed by atoms with Crippen molar-refractivity contribution in [2.24, 2.45) is 5.41 Å². The Bertz CT molecular complexity index is 1310. The summed E-state index contributed by atoms with van der Waals surface area (Å²) in [5, 5.41) is 19.8. The SMILES string of the molecule is CC(=O)N1CCC(F)(c2cc(-c3cncc([C@@](O)(c4ccc(C(C)C)cc4)C4(C)CN(C)C4)c3)n[nH]2)CC1. The average molecular weight is 520 g/mol. The molecular weight excluding hydrogens is 481 g/mol. The lowest BCUT2D eigenvalue weighted by Gasteiger charge is -2.55. The summed E-state index contributed by atoms with van der Waals surface area (Å²) < 4.78 is 15.8. The van der Waals surface area contributed by atoms with E-state index in [2.05, 4.69) is 60.0 Å². The van der Waals surface area contributed by atoms with Crippen molar-refractivity contribution in [1.29, 1.82) is 0 Å². The standard InChI is InChI=1S/C30H38FN5O2/c1-20(2)22-6-8-24(9-7-22)30(38,28(4)18-35(5)19-28)25-14-23(16-32-17-25)26-15-27(34-33-26)29(31)10-12-36(13-11-29)21(3)37/h6-9,14-17,20,38H,10-13,18-19H2,1-5H3,(H,33,34)/t30-/m0/s1. The third-order valence-corrected chi connectivity index (χ3v) is 8.62. The Labute approximate surface area is 224 Å². The van der Waals surface area contributed by atoms with E-state index in [1.54, 1.807) is 23.4 Å². The van der Waals surface area contributed by atoms with Crippen LogP contribution in [0.4, 0.5) is 4.39 Å². The monoisotopic (exact) mass is 519 g/mol. The van der Waals surface area contributed by atoms with Crippen molar-refractivity contribution >= 4 is 5.91 Å². The van der Waals surface area contributed by atoms with Gasteiger partial charge in [-0.15, -0.1) is 0 Å². The molecule has 202 valence electrons. The van der Waals surface area contributed by atoms with E-state index in [-0.39, 0.29) is 18.7 Å². The summed E-state index contributed by atoms with van der Waals surface area (Å²) in [7, 11) is 2.05. The number of amides is 1. The molecule has 0 unspecified atom stereocenters. The van der Waals surface area contributed by atoms with E-state index in [0.717, 1.165) is 18.7 Å². The highest BCUT2D eigenvalue weighted by Gasteiger charge is 2.55. The van der Waals surface area contributed by atoms with Gasteiger partial charge in [-0.3, -0.25) is 14.9 Å². The number of hydrogen-bond acceptors (Lipinski definition) is 5. The molecule has 38 heavy (non-hydrogen) atoms. The average Bonchev–Trinajstić information content (AvgIpc) is 3.39. The number of carbonyl (C=O) groups is 1. The van der Waals surface area contributed by atoms with Gasteiger partial charge in [0.2, 0.25) is 5.91 Å². The summed E-state index contributed by atoms with van der Waals surface area (Å²) in [6, 6.07) is 11.9. The number of pyridine rings is 1. The Balaban J connectivity index is 1.49. The fraction of sp³-hybridized carbons (Fsp3) is 0.500. The lowest BCUT2D eigenvalue weighted by Crippen LogP contribution is -2.63. The molecule has 2 aromatic heterocycles. The van der Waals surface area contributed by atoms with Crippen LogP contribution in [0.15, 0.2) is 48.8 Å². The summed E-state index contributed by atoms with van der Waals surface area (Å²) in [6.07, 6.45) is 3.88. The van der Waals surface area contributed by atoms with Gasteiger partial charge in [0.1, 0.15) is 5.60 Å². The second-order valence-electron chi connectivity index (χ2n) is 11.8. The van der Waals surface area contributed by atoms with Crippen molar-refractivity contribution in [1.82, 2.24) is 25.0 Å². The Morgan fingerprint density at radius 2 is 1.76 bits per heavy atom. The first-order chi connectivity index (χ1) is 17.9. The number of alkyl halides is 1. The number of H-pyrrole nitrogens is 1. The maximum Gasteiger partial charge on any atom is 0.219 e. The van der Waals surface area contributed by atoms with Gasteiger partial charge < -0.3 is 14.9 Å². The van der Waals surface area contributed by atoms with E-state index in [9.17, 15) is 9.90 Å². The first-order valence-corrected chi connectivity index (χ1v) is 13.4.